The van der Waals surface area contributed by atoms with Crippen molar-refractivity contribution in [2.24, 2.45) is 5.41 Å². The summed E-state index contributed by atoms with van der Waals surface area (Å²) in [5.41, 5.74) is 0.0530. The van der Waals surface area contributed by atoms with Gasteiger partial charge in [0.15, 0.2) is 0 Å². The van der Waals surface area contributed by atoms with Crippen molar-refractivity contribution in [1.82, 2.24) is 0 Å². The van der Waals surface area contributed by atoms with Crippen LogP contribution in [-0.4, -0.2) is 15.5 Å². The van der Waals surface area contributed by atoms with Crippen molar-refractivity contribution in [2.75, 3.05) is 0 Å². The molecule has 3 atom stereocenters. The van der Waals surface area contributed by atoms with E-state index in [-0.39, 0.29) is 20.9 Å². The molecule has 0 amide bonds. The van der Waals surface area contributed by atoms with Crippen molar-refractivity contribution in [2.45, 2.75) is 211 Å². The molecule has 0 bridgehead atoms. The Hall–Kier alpha value is 1.03. The lowest BCUT2D eigenvalue weighted by molar-refractivity contribution is 0.0764. The van der Waals surface area contributed by atoms with Gasteiger partial charge >= 0.3 is 0 Å². The first-order valence-corrected chi connectivity index (χ1v) is 19.4. The summed E-state index contributed by atoms with van der Waals surface area (Å²) < 4.78 is 0. The molecular formula is C36H75P3. The van der Waals surface area contributed by atoms with E-state index in [9.17, 15) is 0 Å². The average molecular weight is 601 g/mol. The summed E-state index contributed by atoms with van der Waals surface area (Å²) in [6.45, 7) is 19.1. The van der Waals surface area contributed by atoms with Crippen LogP contribution in [0.3, 0.4) is 0 Å². The van der Waals surface area contributed by atoms with Crippen LogP contribution in [0.2, 0.25) is 0 Å². The summed E-state index contributed by atoms with van der Waals surface area (Å²) in [5, 5.41) is 0.540. The van der Waals surface area contributed by atoms with E-state index >= 15 is 0 Å². The first-order valence-electron chi connectivity index (χ1n) is 17.7. The van der Waals surface area contributed by atoms with Gasteiger partial charge in [-0.1, -0.05) is 163 Å². The van der Waals surface area contributed by atoms with Crippen molar-refractivity contribution < 1.29 is 0 Å². The molecule has 0 N–H and O–H groups in total. The average Bonchev–Trinajstić information content (AvgIpc) is 2.90. The third kappa shape index (κ3) is 11.9. The standard InChI is InChI=1S/C36H75P3/c1-8-15-21-27-33(37,28-22-16-9-2)36(14-7,34(38,29-23-17-10-3)30-24-18-11-4)35(39,31-25-19-12-5)32-26-20-13-6/h14H,7-13,15-32,37-39H2,1-6H3. The summed E-state index contributed by atoms with van der Waals surface area (Å²) in [6, 6.07) is 0. The molecule has 0 aliphatic carbocycles. The fourth-order valence-corrected chi connectivity index (χ4v) is 11.6. The van der Waals surface area contributed by atoms with Crippen LogP contribution in [0.5, 0.6) is 0 Å². The molecule has 39 heavy (non-hydrogen) atoms. The second-order valence-electron chi connectivity index (χ2n) is 13.2. The first-order chi connectivity index (χ1) is 18.7. The number of hydrogen-bond donors (Lipinski definition) is 0. The van der Waals surface area contributed by atoms with E-state index in [1.54, 1.807) is 0 Å². The first kappa shape index (κ1) is 40.0. The Bertz CT molecular complexity index is 480. The molecule has 0 aromatic heterocycles. The second kappa shape index (κ2) is 22.6. The van der Waals surface area contributed by atoms with Crippen molar-refractivity contribution in [3.63, 3.8) is 0 Å². The molecule has 0 saturated carbocycles. The minimum absolute atomic E-state index is 0.0530. The van der Waals surface area contributed by atoms with Crippen LogP contribution in [0.15, 0.2) is 12.7 Å². The number of unbranched alkanes of at least 4 members (excludes halogenated alkanes) is 12. The molecule has 0 spiro atoms. The molecule has 0 saturated heterocycles. The predicted molar refractivity (Wildman–Crippen MR) is 195 cm³/mol. The van der Waals surface area contributed by atoms with Gasteiger partial charge < -0.3 is 0 Å². The van der Waals surface area contributed by atoms with Crippen LogP contribution in [0.4, 0.5) is 0 Å². The van der Waals surface area contributed by atoms with Crippen molar-refractivity contribution in [1.29, 1.82) is 0 Å². The van der Waals surface area contributed by atoms with Crippen LogP contribution < -0.4 is 0 Å². The summed E-state index contributed by atoms with van der Waals surface area (Å²) in [4.78, 5) is 0. The van der Waals surface area contributed by atoms with Gasteiger partial charge in [0, 0.05) is 5.41 Å². The van der Waals surface area contributed by atoms with Gasteiger partial charge in [-0.25, -0.2) is 0 Å². The lowest BCUT2D eigenvalue weighted by Crippen LogP contribution is -2.65. The van der Waals surface area contributed by atoms with E-state index in [0.29, 0.717) is 0 Å². The lowest BCUT2D eigenvalue weighted by Gasteiger charge is -2.66. The molecular weight excluding hydrogens is 525 g/mol. The summed E-state index contributed by atoms with van der Waals surface area (Å²) in [7, 11) is 10.9. The molecule has 0 heterocycles. The van der Waals surface area contributed by atoms with Crippen LogP contribution in [0, 0.1) is 5.41 Å². The molecule has 3 unspecified atom stereocenters. The van der Waals surface area contributed by atoms with Crippen LogP contribution >= 0.6 is 27.7 Å². The summed E-state index contributed by atoms with van der Waals surface area (Å²) in [6.07, 6.45) is 34.4. The molecule has 0 aromatic carbocycles. The fraction of sp³-hybridized carbons (Fsp3) is 0.944. The monoisotopic (exact) mass is 601 g/mol. The predicted octanol–water partition coefficient (Wildman–Crippen LogP) is 13.5. The Morgan fingerprint density at radius 2 is 0.564 bits per heavy atom. The quantitative estimate of drug-likeness (QED) is 0.0476. The highest BCUT2D eigenvalue weighted by Crippen LogP contribution is 2.69. The molecule has 0 aliphatic rings. The van der Waals surface area contributed by atoms with E-state index in [2.05, 4.69) is 75.3 Å². The molecule has 0 radical (unpaired) electrons. The van der Waals surface area contributed by atoms with Crippen molar-refractivity contribution in [3.8, 4) is 0 Å². The number of allylic oxidation sites excluding steroid dienone is 1. The van der Waals surface area contributed by atoms with Gasteiger partial charge in [-0.05, 0) is 54.0 Å². The van der Waals surface area contributed by atoms with Gasteiger partial charge in [0.05, 0.1) is 0 Å². The SMILES string of the molecule is C=CC(C(P)(CCCCC)CCCCC)(C(P)(CCCCC)CCCCC)C(P)(CCCCC)CCCCC. The lowest BCUT2D eigenvalue weighted by atomic mass is 9.51. The molecule has 0 rings (SSSR count). The highest BCUT2D eigenvalue weighted by atomic mass is 31.0. The maximum atomic E-state index is 4.86. The topological polar surface area (TPSA) is 0 Å². The van der Waals surface area contributed by atoms with Gasteiger partial charge in [-0.15, -0.1) is 34.3 Å². The third-order valence-electron chi connectivity index (χ3n) is 10.0. The Labute approximate surface area is 256 Å². The normalized spacial score (nSPS) is 13.3. The molecule has 3 heteroatoms. The van der Waals surface area contributed by atoms with Crippen LogP contribution in [0.1, 0.15) is 196 Å². The highest BCUT2D eigenvalue weighted by molar-refractivity contribution is 7.22. The van der Waals surface area contributed by atoms with E-state index in [0.717, 1.165) is 0 Å². The van der Waals surface area contributed by atoms with Crippen LogP contribution in [-0.2, 0) is 0 Å². The zero-order valence-electron chi connectivity index (χ0n) is 28.0. The zero-order chi connectivity index (χ0) is 29.7. The van der Waals surface area contributed by atoms with Gasteiger partial charge in [0.25, 0.3) is 0 Å². The highest BCUT2D eigenvalue weighted by Gasteiger charge is 2.63. The van der Waals surface area contributed by atoms with Gasteiger partial charge in [-0.2, -0.15) is 0 Å². The molecule has 0 nitrogen and oxygen atoms in total. The Balaban J connectivity index is 7.30. The smallest absolute Gasteiger partial charge is 0.0151 e. The zero-order valence-corrected chi connectivity index (χ0v) is 31.5. The third-order valence-corrected chi connectivity index (χ3v) is 13.1. The largest absolute Gasteiger partial charge is 0.130 e. The number of hydrogen-bond acceptors (Lipinski definition) is 0. The fourth-order valence-electron chi connectivity index (χ4n) is 7.80. The summed E-state index contributed by atoms with van der Waals surface area (Å²) in [5.74, 6) is 0. The number of rotatable bonds is 28. The van der Waals surface area contributed by atoms with Gasteiger partial charge in [-0.3, -0.25) is 0 Å². The maximum absolute atomic E-state index is 4.86. The Kier molecular flexibility index (Phi) is 23.1. The summed E-state index contributed by atoms with van der Waals surface area (Å²) >= 11 is 0. The Morgan fingerprint density at radius 3 is 0.692 bits per heavy atom. The molecule has 0 aromatic rings. The van der Waals surface area contributed by atoms with Crippen molar-refractivity contribution in [3.05, 3.63) is 12.7 Å². The molecule has 234 valence electrons. The maximum Gasteiger partial charge on any atom is 0.0151 e. The molecule has 0 aliphatic heterocycles. The van der Waals surface area contributed by atoms with Gasteiger partial charge in [0.1, 0.15) is 0 Å². The molecule has 0 fully saturated rings. The van der Waals surface area contributed by atoms with E-state index in [1.807, 2.05) is 0 Å². The van der Waals surface area contributed by atoms with Crippen molar-refractivity contribution >= 4 is 27.7 Å². The minimum atomic E-state index is 0.0530. The minimum Gasteiger partial charge on any atom is -0.130 e. The van der Waals surface area contributed by atoms with E-state index in [4.69, 9.17) is 6.58 Å². The van der Waals surface area contributed by atoms with E-state index < -0.39 is 0 Å². The van der Waals surface area contributed by atoms with E-state index in [1.165, 1.54) is 154 Å². The van der Waals surface area contributed by atoms with Crippen LogP contribution in [0.25, 0.3) is 0 Å². The van der Waals surface area contributed by atoms with Gasteiger partial charge in [0.2, 0.25) is 0 Å². The Morgan fingerprint density at radius 1 is 0.385 bits per heavy atom. The second-order valence-corrected chi connectivity index (χ2v) is 16.5.